The molecule has 0 radical (unpaired) electrons. The maximum atomic E-state index is 11.7. The van der Waals surface area contributed by atoms with Crippen molar-refractivity contribution in [3.63, 3.8) is 0 Å². The van der Waals surface area contributed by atoms with Crippen LogP contribution in [-0.2, 0) is 9.84 Å². The summed E-state index contributed by atoms with van der Waals surface area (Å²) < 4.78 is 23.5. The highest BCUT2D eigenvalue weighted by atomic mass is 35.5. The molecule has 1 N–H and O–H groups in total. The highest BCUT2D eigenvalue weighted by Gasteiger charge is 2.48. The maximum absolute atomic E-state index is 11.7. The molecule has 1 aromatic rings. The van der Waals surface area contributed by atoms with Crippen molar-refractivity contribution in [2.45, 2.75) is 18.2 Å². The second-order valence-corrected chi connectivity index (χ2v) is 8.65. The van der Waals surface area contributed by atoms with E-state index in [1.165, 1.54) is 11.8 Å². The van der Waals surface area contributed by atoms with Gasteiger partial charge >= 0.3 is 0 Å². The predicted octanol–water partition coefficient (Wildman–Crippen LogP) is 2.30. The number of amidine groups is 1. The molecule has 0 aromatic heterocycles. The first kappa shape index (κ1) is 13.3. The maximum Gasteiger partial charge on any atom is 0.161 e. The average molecular weight is 317 g/mol. The average Bonchev–Trinajstić information content (AvgIpc) is 2.73. The van der Waals surface area contributed by atoms with Gasteiger partial charge in [-0.2, -0.15) is 0 Å². The quantitative estimate of drug-likeness (QED) is 0.863. The van der Waals surface area contributed by atoms with E-state index >= 15 is 0 Å². The second kappa shape index (κ2) is 4.40. The third-order valence-electron chi connectivity index (χ3n) is 3.58. The normalized spacial score (nSPS) is 28.7. The molecular formula is C12H13ClN2O2S2. The van der Waals surface area contributed by atoms with Gasteiger partial charge in [0.25, 0.3) is 0 Å². The van der Waals surface area contributed by atoms with E-state index < -0.39 is 9.84 Å². The van der Waals surface area contributed by atoms with Crippen LogP contribution in [0.3, 0.4) is 0 Å². The van der Waals surface area contributed by atoms with E-state index in [4.69, 9.17) is 17.0 Å². The molecule has 0 amide bonds. The Hall–Kier alpha value is -0.720. The molecule has 2 saturated heterocycles. The molecule has 2 heterocycles. The Bertz CT molecular complexity index is 660. The van der Waals surface area contributed by atoms with Crippen molar-refractivity contribution in [3.8, 4) is 0 Å². The Balaban J connectivity index is 2.05. The number of halogens is 1. The predicted molar refractivity (Wildman–Crippen MR) is 80.2 cm³/mol. The smallest absolute Gasteiger partial charge is 0.161 e. The fourth-order valence-corrected chi connectivity index (χ4v) is 6.60. The molecule has 0 spiro atoms. The largest absolute Gasteiger partial charge is 0.316 e. The summed E-state index contributed by atoms with van der Waals surface area (Å²) in [7, 11) is -2.98. The molecule has 7 heteroatoms. The van der Waals surface area contributed by atoms with Gasteiger partial charge in [-0.1, -0.05) is 29.4 Å². The third-order valence-corrected chi connectivity index (χ3v) is 7.12. The number of fused-ring (bicyclic) bond motifs is 1. The van der Waals surface area contributed by atoms with E-state index in [0.717, 1.165) is 11.3 Å². The summed E-state index contributed by atoms with van der Waals surface area (Å²) in [5, 5.41) is 9.11. The lowest BCUT2D eigenvalue weighted by Crippen LogP contribution is -2.37. The van der Waals surface area contributed by atoms with Gasteiger partial charge in [0, 0.05) is 16.0 Å². The molecule has 2 aliphatic heterocycles. The monoisotopic (exact) mass is 316 g/mol. The molecule has 0 saturated carbocycles. The fourth-order valence-electron chi connectivity index (χ4n) is 2.65. The minimum absolute atomic E-state index is 0.0316. The third kappa shape index (κ3) is 2.15. The van der Waals surface area contributed by atoms with Crippen LogP contribution in [-0.4, -0.2) is 36.4 Å². The van der Waals surface area contributed by atoms with Gasteiger partial charge in [-0.15, -0.1) is 0 Å². The van der Waals surface area contributed by atoms with E-state index in [-0.39, 0.29) is 22.8 Å². The van der Waals surface area contributed by atoms with Gasteiger partial charge in [0.2, 0.25) is 0 Å². The van der Waals surface area contributed by atoms with Crippen molar-refractivity contribution in [2.75, 3.05) is 16.4 Å². The molecule has 19 heavy (non-hydrogen) atoms. The van der Waals surface area contributed by atoms with E-state index in [9.17, 15) is 8.42 Å². The SMILES string of the molecule is Cc1c(Cl)cccc1N1C(=N)SC2CS(=O)(=O)CC21. The number of nitrogens with zero attached hydrogens (tertiary/aromatic N) is 1. The summed E-state index contributed by atoms with van der Waals surface area (Å²) >= 11 is 7.46. The molecule has 2 fully saturated rings. The van der Waals surface area contributed by atoms with Gasteiger partial charge in [-0.3, -0.25) is 5.41 Å². The second-order valence-electron chi connectivity index (χ2n) is 4.86. The zero-order valence-electron chi connectivity index (χ0n) is 10.3. The molecule has 0 aliphatic carbocycles. The molecular weight excluding hydrogens is 304 g/mol. The number of sulfone groups is 1. The van der Waals surface area contributed by atoms with E-state index in [0.29, 0.717) is 10.2 Å². The van der Waals surface area contributed by atoms with Gasteiger partial charge in [0.15, 0.2) is 15.0 Å². The molecule has 102 valence electrons. The Morgan fingerprint density at radius 2 is 2.16 bits per heavy atom. The zero-order chi connectivity index (χ0) is 13.8. The number of rotatable bonds is 1. The van der Waals surface area contributed by atoms with E-state index in [1.807, 2.05) is 24.0 Å². The summed E-state index contributed by atoms with van der Waals surface area (Å²) in [6.45, 7) is 1.90. The van der Waals surface area contributed by atoms with Crippen LogP contribution in [0.5, 0.6) is 0 Å². The van der Waals surface area contributed by atoms with Crippen LogP contribution in [0, 0.1) is 12.3 Å². The van der Waals surface area contributed by atoms with Crippen LogP contribution in [0.25, 0.3) is 0 Å². The summed E-state index contributed by atoms with van der Waals surface area (Å²) in [5.41, 5.74) is 1.73. The lowest BCUT2D eigenvalue weighted by molar-refractivity contribution is 0.601. The number of thioether (sulfide) groups is 1. The number of hydrogen-bond donors (Lipinski definition) is 1. The van der Waals surface area contributed by atoms with E-state index in [2.05, 4.69) is 0 Å². The van der Waals surface area contributed by atoms with Crippen molar-refractivity contribution in [1.82, 2.24) is 0 Å². The lowest BCUT2D eigenvalue weighted by Gasteiger charge is -2.25. The molecule has 2 unspecified atom stereocenters. The lowest BCUT2D eigenvalue weighted by atomic mass is 10.1. The molecule has 1 aromatic carbocycles. The van der Waals surface area contributed by atoms with Crippen molar-refractivity contribution >= 4 is 44.1 Å². The highest BCUT2D eigenvalue weighted by Crippen LogP contribution is 2.42. The van der Waals surface area contributed by atoms with Gasteiger partial charge in [-0.25, -0.2) is 8.42 Å². The Morgan fingerprint density at radius 1 is 1.42 bits per heavy atom. The van der Waals surface area contributed by atoms with E-state index in [1.54, 1.807) is 6.07 Å². The zero-order valence-corrected chi connectivity index (χ0v) is 12.6. The van der Waals surface area contributed by atoms with Gasteiger partial charge in [-0.05, 0) is 24.6 Å². The summed E-state index contributed by atoms with van der Waals surface area (Å²) in [4.78, 5) is 1.82. The fraction of sp³-hybridized carbons (Fsp3) is 0.417. The topological polar surface area (TPSA) is 61.2 Å². The van der Waals surface area contributed by atoms with Crippen LogP contribution in [0.15, 0.2) is 18.2 Å². The summed E-state index contributed by atoms with van der Waals surface area (Å²) in [6.07, 6.45) is 0. The van der Waals surface area contributed by atoms with Crippen LogP contribution in [0.2, 0.25) is 5.02 Å². The minimum Gasteiger partial charge on any atom is -0.316 e. The number of anilines is 1. The summed E-state index contributed by atoms with van der Waals surface area (Å²) in [5.74, 6) is 0.291. The Labute approximate surface area is 121 Å². The number of hydrogen-bond acceptors (Lipinski definition) is 4. The molecule has 2 aliphatic rings. The van der Waals surface area contributed by atoms with Gasteiger partial charge < -0.3 is 4.90 Å². The summed E-state index contributed by atoms with van der Waals surface area (Å²) in [6, 6.07) is 5.39. The van der Waals surface area contributed by atoms with Crippen LogP contribution < -0.4 is 4.90 Å². The highest BCUT2D eigenvalue weighted by molar-refractivity contribution is 8.15. The number of nitrogens with one attached hydrogen (secondary N) is 1. The van der Waals surface area contributed by atoms with Crippen molar-refractivity contribution < 1.29 is 8.42 Å². The van der Waals surface area contributed by atoms with Crippen molar-refractivity contribution in [2.24, 2.45) is 0 Å². The Morgan fingerprint density at radius 3 is 2.89 bits per heavy atom. The van der Waals surface area contributed by atoms with Crippen LogP contribution >= 0.6 is 23.4 Å². The standard InChI is InChI=1S/C12H13ClN2O2S2/c1-7-8(13)3-2-4-9(7)15-10-5-19(16,17)6-11(10)18-12(15)14/h2-4,10-11,14H,5-6H2,1H3. The number of benzene rings is 1. The van der Waals surface area contributed by atoms with Gasteiger partial charge in [0.05, 0.1) is 17.5 Å². The minimum atomic E-state index is -2.98. The van der Waals surface area contributed by atoms with Crippen LogP contribution in [0.4, 0.5) is 5.69 Å². The first-order valence-electron chi connectivity index (χ1n) is 5.89. The van der Waals surface area contributed by atoms with Crippen molar-refractivity contribution in [1.29, 1.82) is 5.41 Å². The Kier molecular flexibility index (Phi) is 3.07. The van der Waals surface area contributed by atoms with Gasteiger partial charge in [0.1, 0.15) is 0 Å². The molecule has 0 bridgehead atoms. The molecule has 3 rings (SSSR count). The first-order chi connectivity index (χ1) is 8.89. The van der Waals surface area contributed by atoms with Crippen molar-refractivity contribution in [3.05, 3.63) is 28.8 Å². The van der Waals surface area contributed by atoms with Crippen LogP contribution in [0.1, 0.15) is 5.56 Å². The molecule has 2 atom stereocenters. The first-order valence-corrected chi connectivity index (χ1v) is 8.97. The molecule has 4 nitrogen and oxygen atoms in total.